The van der Waals surface area contributed by atoms with Crippen molar-refractivity contribution in [3.05, 3.63) is 51.5 Å². The van der Waals surface area contributed by atoms with Gasteiger partial charge >= 0.3 is 11.5 Å². The van der Waals surface area contributed by atoms with Gasteiger partial charge in [0.05, 0.1) is 10.6 Å². The lowest BCUT2D eigenvalue weighted by Gasteiger charge is -2.05. The number of rotatable bonds is 3. The van der Waals surface area contributed by atoms with E-state index in [2.05, 4.69) is 9.97 Å². The van der Waals surface area contributed by atoms with Gasteiger partial charge in [0.15, 0.2) is 0 Å². The van der Waals surface area contributed by atoms with E-state index in [0.717, 1.165) is 0 Å². The minimum absolute atomic E-state index is 0.0299. The molecule has 2 aromatic rings. The van der Waals surface area contributed by atoms with Gasteiger partial charge in [-0.05, 0) is 18.2 Å². The average molecular weight is 267 g/mol. The number of carboxylic acid groups (broad SMARTS) is 1. The largest absolute Gasteiger partial charge is 0.478 e. The molecular formula is C11H7ClN2O4. The van der Waals surface area contributed by atoms with E-state index in [1.807, 2.05) is 0 Å². The summed E-state index contributed by atoms with van der Waals surface area (Å²) >= 11 is 5.85. The number of nitrogens with zero attached hydrogens (tertiary/aromatic N) is 1. The Morgan fingerprint density at radius 1 is 1.44 bits per heavy atom. The summed E-state index contributed by atoms with van der Waals surface area (Å²) in [7, 11) is 0. The molecule has 0 saturated heterocycles. The number of aromatic amines is 1. The summed E-state index contributed by atoms with van der Waals surface area (Å²) in [6, 6.07) is 3.91. The second-order valence-corrected chi connectivity index (χ2v) is 3.68. The third-order valence-electron chi connectivity index (χ3n) is 2.06. The standard InChI is InChI=1S/C11H7ClN2O4/c12-7-5-6(11(16)17)1-2-8(7)18-10-9(15)13-3-4-14-10/h1-5H,(H,13,15)(H,16,17). The molecule has 1 heterocycles. The smallest absolute Gasteiger partial charge is 0.335 e. The van der Waals surface area contributed by atoms with Crippen LogP contribution in [-0.2, 0) is 0 Å². The van der Waals surface area contributed by atoms with Crippen LogP contribution >= 0.6 is 11.6 Å². The Morgan fingerprint density at radius 2 is 2.22 bits per heavy atom. The first kappa shape index (κ1) is 12.1. The Bertz CT molecular complexity index is 653. The van der Waals surface area contributed by atoms with Gasteiger partial charge in [-0.3, -0.25) is 4.79 Å². The van der Waals surface area contributed by atoms with E-state index in [9.17, 15) is 9.59 Å². The van der Waals surface area contributed by atoms with Crippen LogP contribution in [-0.4, -0.2) is 21.0 Å². The van der Waals surface area contributed by atoms with Gasteiger partial charge in [0, 0.05) is 12.4 Å². The third kappa shape index (κ3) is 2.49. The zero-order valence-electron chi connectivity index (χ0n) is 8.88. The average Bonchev–Trinajstić information content (AvgIpc) is 2.34. The van der Waals surface area contributed by atoms with Crippen LogP contribution in [0.15, 0.2) is 35.4 Å². The van der Waals surface area contributed by atoms with Crippen LogP contribution in [0.1, 0.15) is 10.4 Å². The number of aromatic carboxylic acids is 1. The predicted octanol–water partition coefficient (Wildman–Crippen LogP) is 1.91. The van der Waals surface area contributed by atoms with E-state index in [-0.39, 0.29) is 22.2 Å². The Hall–Kier alpha value is -2.34. The quantitative estimate of drug-likeness (QED) is 0.885. The minimum atomic E-state index is -1.10. The van der Waals surface area contributed by atoms with E-state index in [1.54, 1.807) is 0 Å². The van der Waals surface area contributed by atoms with Gasteiger partial charge in [0.1, 0.15) is 5.75 Å². The van der Waals surface area contributed by atoms with Crippen LogP contribution in [0.4, 0.5) is 0 Å². The number of aromatic nitrogens is 2. The first-order valence-electron chi connectivity index (χ1n) is 4.82. The van der Waals surface area contributed by atoms with Gasteiger partial charge in [-0.2, -0.15) is 0 Å². The Kier molecular flexibility index (Phi) is 3.29. The van der Waals surface area contributed by atoms with Crippen LogP contribution in [0.3, 0.4) is 0 Å². The van der Waals surface area contributed by atoms with Crippen molar-refractivity contribution in [2.24, 2.45) is 0 Å². The van der Waals surface area contributed by atoms with E-state index in [1.165, 1.54) is 30.6 Å². The molecule has 0 fully saturated rings. The van der Waals surface area contributed by atoms with E-state index < -0.39 is 11.5 Å². The number of ether oxygens (including phenoxy) is 1. The first-order chi connectivity index (χ1) is 8.58. The molecule has 1 aromatic heterocycles. The molecular weight excluding hydrogens is 260 g/mol. The molecule has 0 atom stereocenters. The number of hydrogen-bond acceptors (Lipinski definition) is 4. The zero-order valence-corrected chi connectivity index (χ0v) is 9.64. The number of benzene rings is 1. The van der Waals surface area contributed by atoms with Crippen LogP contribution in [0.2, 0.25) is 5.02 Å². The minimum Gasteiger partial charge on any atom is -0.478 e. The number of nitrogens with one attached hydrogen (secondary N) is 1. The second kappa shape index (κ2) is 4.89. The third-order valence-corrected chi connectivity index (χ3v) is 2.36. The molecule has 0 aliphatic carbocycles. The maximum Gasteiger partial charge on any atom is 0.335 e. The van der Waals surface area contributed by atoms with Crippen LogP contribution in [0.25, 0.3) is 0 Å². The van der Waals surface area contributed by atoms with Crippen molar-refractivity contribution >= 4 is 17.6 Å². The van der Waals surface area contributed by atoms with Crippen molar-refractivity contribution in [1.82, 2.24) is 9.97 Å². The molecule has 1 aromatic carbocycles. The monoisotopic (exact) mass is 266 g/mol. The van der Waals surface area contributed by atoms with Crippen LogP contribution < -0.4 is 10.3 Å². The fourth-order valence-electron chi connectivity index (χ4n) is 1.23. The fraction of sp³-hybridized carbons (Fsp3) is 0. The molecule has 0 saturated carbocycles. The molecule has 0 radical (unpaired) electrons. The number of carboxylic acids is 1. The van der Waals surface area contributed by atoms with Crippen molar-refractivity contribution in [3.63, 3.8) is 0 Å². The highest BCUT2D eigenvalue weighted by Crippen LogP contribution is 2.27. The molecule has 92 valence electrons. The molecule has 0 unspecified atom stereocenters. The molecule has 0 aliphatic heterocycles. The van der Waals surface area contributed by atoms with Gasteiger partial charge in [-0.25, -0.2) is 9.78 Å². The van der Waals surface area contributed by atoms with Crippen molar-refractivity contribution in [3.8, 4) is 11.6 Å². The molecule has 0 spiro atoms. The Morgan fingerprint density at radius 3 is 2.83 bits per heavy atom. The van der Waals surface area contributed by atoms with Crippen LogP contribution in [0, 0.1) is 0 Å². The maximum absolute atomic E-state index is 11.3. The summed E-state index contributed by atoms with van der Waals surface area (Å²) in [6.45, 7) is 0. The van der Waals surface area contributed by atoms with Crippen LogP contribution in [0.5, 0.6) is 11.6 Å². The van der Waals surface area contributed by atoms with E-state index in [4.69, 9.17) is 21.4 Å². The van der Waals surface area contributed by atoms with Crippen molar-refractivity contribution in [1.29, 1.82) is 0 Å². The Balaban J connectivity index is 2.33. The van der Waals surface area contributed by atoms with E-state index in [0.29, 0.717) is 0 Å². The highest BCUT2D eigenvalue weighted by Gasteiger charge is 2.10. The van der Waals surface area contributed by atoms with Crippen molar-refractivity contribution in [2.45, 2.75) is 0 Å². The molecule has 18 heavy (non-hydrogen) atoms. The molecule has 6 nitrogen and oxygen atoms in total. The molecule has 0 aliphatic rings. The Labute approximate surface area is 106 Å². The number of halogens is 1. The van der Waals surface area contributed by atoms with Gasteiger partial charge in [0.2, 0.25) is 0 Å². The van der Waals surface area contributed by atoms with E-state index >= 15 is 0 Å². The highest BCUT2D eigenvalue weighted by atomic mass is 35.5. The first-order valence-corrected chi connectivity index (χ1v) is 5.20. The lowest BCUT2D eigenvalue weighted by Crippen LogP contribution is -2.09. The molecule has 2 N–H and O–H groups in total. The summed E-state index contributed by atoms with van der Waals surface area (Å²) in [4.78, 5) is 28.2. The van der Waals surface area contributed by atoms with Gasteiger partial charge in [-0.1, -0.05) is 11.6 Å². The summed E-state index contributed by atoms with van der Waals surface area (Å²) < 4.78 is 5.19. The maximum atomic E-state index is 11.3. The summed E-state index contributed by atoms with van der Waals surface area (Å²) in [5.74, 6) is -1.10. The topological polar surface area (TPSA) is 92.3 Å². The SMILES string of the molecule is O=C(O)c1ccc(Oc2ncc[nH]c2=O)c(Cl)c1. The molecule has 2 rings (SSSR count). The lowest BCUT2D eigenvalue weighted by atomic mass is 10.2. The van der Waals surface area contributed by atoms with Gasteiger partial charge in [-0.15, -0.1) is 0 Å². The zero-order chi connectivity index (χ0) is 13.1. The van der Waals surface area contributed by atoms with Crippen molar-refractivity contribution < 1.29 is 14.6 Å². The highest BCUT2D eigenvalue weighted by molar-refractivity contribution is 6.32. The van der Waals surface area contributed by atoms with Gasteiger partial charge in [0.25, 0.3) is 5.88 Å². The number of H-pyrrole nitrogens is 1. The summed E-state index contributed by atoms with van der Waals surface area (Å²) in [5, 5.41) is 8.85. The molecule has 7 heteroatoms. The number of hydrogen-bond donors (Lipinski definition) is 2. The lowest BCUT2D eigenvalue weighted by molar-refractivity contribution is 0.0697. The number of carbonyl (C=O) groups is 1. The summed E-state index contributed by atoms with van der Waals surface area (Å²) in [6.07, 6.45) is 2.72. The van der Waals surface area contributed by atoms with Gasteiger partial charge < -0.3 is 14.8 Å². The van der Waals surface area contributed by atoms with Crippen molar-refractivity contribution in [2.75, 3.05) is 0 Å². The molecule has 0 bridgehead atoms. The second-order valence-electron chi connectivity index (χ2n) is 3.28. The fourth-order valence-corrected chi connectivity index (χ4v) is 1.45. The normalized spacial score (nSPS) is 10.1. The summed E-state index contributed by atoms with van der Waals surface area (Å²) in [5.41, 5.74) is -0.474. The molecule has 0 amide bonds. The predicted molar refractivity (Wildman–Crippen MR) is 63.3 cm³/mol.